The fourth-order valence-electron chi connectivity index (χ4n) is 1.93. The van der Waals surface area contributed by atoms with Crippen LogP contribution in [0.25, 0.3) is 0 Å². The molecule has 2 amide bonds. The van der Waals surface area contributed by atoms with Gasteiger partial charge >= 0.3 is 0 Å². The Balaban J connectivity index is 2.62. The van der Waals surface area contributed by atoms with Gasteiger partial charge in [0.1, 0.15) is 0 Å². The summed E-state index contributed by atoms with van der Waals surface area (Å²) < 4.78 is 0. The van der Waals surface area contributed by atoms with Crippen LogP contribution in [-0.2, 0) is 9.59 Å². The topological polar surface area (TPSA) is 58.2 Å². The summed E-state index contributed by atoms with van der Waals surface area (Å²) >= 11 is 0. The number of aryl methyl sites for hydroxylation is 3. The van der Waals surface area contributed by atoms with Crippen LogP contribution in [0.2, 0.25) is 0 Å². The van der Waals surface area contributed by atoms with Crippen LogP contribution in [0.5, 0.6) is 0 Å². The SMILES string of the molecule is CC(=O)NCCC(=O)Nc1c(C)cc(C)cc1C. The van der Waals surface area contributed by atoms with Crippen molar-refractivity contribution < 1.29 is 9.59 Å². The molecule has 4 nitrogen and oxygen atoms in total. The molecule has 1 rings (SSSR count). The first-order valence-corrected chi connectivity index (χ1v) is 6.02. The van der Waals surface area contributed by atoms with E-state index in [4.69, 9.17) is 0 Å². The monoisotopic (exact) mass is 248 g/mol. The zero-order valence-corrected chi connectivity index (χ0v) is 11.4. The largest absolute Gasteiger partial charge is 0.356 e. The Morgan fingerprint density at radius 1 is 1.11 bits per heavy atom. The van der Waals surface area contributed by atoms with Crippen LogP contribution >= 0.6 is 0 Å². The number of hydrogen-bond donors (Lipinski definition) is 2. The van der Waals surface area contributed by atoms with Gasteiger partial charge in [-0.05, 0) is 31.9 Å². The number of carbonyl (C=O) groups excluding carboxylic acids is 2. The summed E-state index contributed by atoms with van der Waals surface area (Å²) in [4.78, 5) is 22.4. The number of nitrogens with one attached hydrogen (secondary N) is 2. The molecule has 0 atom stereocenters. The van der Waals surface area contributed by atoms with E-state index in [0.717, 1.165) is 16.8 Å². The van der Waals surface area contributed by atoms with E-state index in [0.29, 0.717) is 6.54 Å². The molecule has 0 aromatic heterocycles. The van der Waals surface area contributed by atoms with Gasteiger partial charge < -0.3 is 10.6 Å². The van der Waals surface area contributed by atoms with Crippen molar-refractivity contribution in [1.29, 1.82) is 0 Å². The smallest absolute Gasteiger partial charge is 0.226 e. The lowest BCUT2D eigenvalue weighted by Crippen LogP contribution is -2.25. The lowest BCUT2D eigenvalue weighted by molar-refractivity contribution is -0.119. The van der Waals surface area contributed by atoms with E-state index in [1.807, 2.05) is 32.9 Å². The van der Waals surface area contributed by atoms with Crippen LogP contribution in [0, 0.1) is 20.8 Å². The molecule has 0 aliphatic heterocycles. The highest BCUT2D eigenvalue weighted by atomic mass is 16.2. The average molecular weight is 248 g/mol. The molecular formula is C14H20N2O2. The van der Waals surface area contributed by atoms with Gasteiger partial charge in [0.25, 0.3) is 0 Å². The second-order valence-electron chi connectivity index (χ2n) is 4.55. The minimum absolute atomic E-state index is 0.0844. The zero-order chi connectivity index (χ0) is 13.7. The fourth-order valence-corrected chi connectivity index (χ4v) is 1.93. The van der Waals surface area contributed by atoms with Crippen molar-refractivity contribution in [2.45, 2.75) is 34.1 Å². The number of carbonyl (C=O) groups is 2. The minimum atomic E-state index is -0.120. The number of hydrogen-bond acceptors (Lipinski definition) is 2. The van der Waals surface area contributed by atoms with Gasteiger partial charge in [0.2, 0.25) is 11.8 Å². The highest BCUT2D eigenvalue weighted by Crippen LogP contribution is 2.21. The number of anilines is 1. The van der Waals surface area contributed by atoms with E-state index in [1.165, 1.54) is 12.5 Å². The van der Waals surface area contributed by atoms with E-state index in [-0.39, 0.29) is 18.2 Å². The van der Waals surface area contributed by atoms with Crippen molar-refractivity contribution in [3.63, 3.8) is 0 Å². The summed E-state index contributed by atoms with van der Waals surface area (Å²) in [5.74, 6) is -0.204. The fraction of sp³-hybridized carbons (Fsp3) is 0.429. The lowest BCUT2D eigenvalue weighted by Gasteiger charge is -2.12. The quantitative estimate of drug-likeness (QED) is 0.857. The summed E-state index contributed by atoms with van der Waals surface area (Å²) in [5, 5.41) is 5.49. The van der Waals surface area contributed by atoms with Gasteiger partial charge in [-0.15, -0.1) is 0 Å². The van der Waals surface area contributed by atoms with Crippen molar-refractivity contribution in [3.05, 3.63) is 28.8 Å². The molecular weight excluding hydrogens is 228 g/mol. The Morgan fingerprint density at radius 3 is 2.17 bits per heavy atom. The van der Waals surface area contributed by atoms with Crippen LogP contribution in [0.3, 0.4) is 0 Å². The third-order valence-corrected chi connectivity index (χ3v) is 2.67. The Morgan fingerprint density at radius 2 is 1.67 bits per heavy atom. The molecule has 0 aliphatic carbocycles. The molecule has 2 N–H and O–H groups in total. The minimum Gasteiger partial charge on any atom is -0.356 e. The van der Waals surface area contributed by atoms with Crippen LogP contribution in [0.15, 0.2) is 12.1 Å². The maximum absolute atomic E-state index is 11.7. The number of benzene rings is 1. The van der Waals surface area contributed by atoms with Gasteiger partial charge in [-0.2, -0.15) is 0 Å². The molecule has 0 spiro atoms. The van der Waals surface area contributed by atoms with Gasteiger partial charge in [-0.25, -0.2) is 0 Å². The molecule has 1 aromatic carbocycles. The molecule has 0 bridgehead atoms. The molecule has 18 heavy (non-hydrogen) atoms. The Kier molecular flexibility index (Phi) is 4.89. The van der Waals surface area contributed by atoms with Gasteiger partial charge in [-0.1, -0.05) is 17.7 Å². The van der Waals surface area contributed by atoms with Gasteiger partial charge in [0.05, 0.1) is 0 Å². The second-order valence-corrected chi connectivity index (χ2v) is 4.55. The molecule has 1 aromatic rings. The van der Waals surface area contributed by atoms with Crippen molar-refractivity contribution in [2.24, 2.45) is 0 Å². The first kappa shape index (κ1) is 14.2. The van der Waals surface area contributed by atoms with Crippen LogP contribution < -0.4 is 10.6 Å². The molecule has 0 saturated heterocycles. The predicted octanol–water partition coefficient (Wildman–Crippen LogP) is 2.08. The van der Waals surface area contributed by atoms with Crippen LogP contribution in [-0.4, -0.2) is 18.4 Å². The Labute approximate surface area is 108 Å². The second kappa shape index (κ2) is 6.19. The molecule has 0 fully saturated rings. The van der Waals surface area contributed by atoms with Crippen molar-refractivity contribution >= 4 is 17.5 Å². The third kappa shape index (κ3) is 4.20. The molecule has 0 heterocycles. The zero-order valence-electron chi connectivity index (χ0n) is 11.4. The van der Waals surface area contributed by atoms with Gasteiger partial charge in [0, 0.05) is 25.6 Å². The molecule has 0 aliphatic rings. The maximum atomic E-state index is 11.7. The van der Waals surface area contributed by atoms with E-state index < -0.39 is 0 Å². The molecule has 0 unspecified atom stereocenters. The van der Waals surface area contributed by atoms with Crippen molar-refractivity contribution in [1.82, 2.24) is 5.32 Å². The van der Waals surface area contributed by atoms with Gasteiger partial charge in [-0.3, -0.25) is 9.59 Å². The highest BCUT2D eigenvalue weighted by Gasteiger charge is 2.08. The summed E-state index contributed by atoms with van der Waals surface area (Å²) in [6.45, 7) is 7.78. The molecule has 0 saturated carbocycles. The summed E-state index contributed by atoms with van der Waals surface area (Å²) in [5.41, 5.74) is 4.16. The average Bonchev–Trinajstić information content (AvgIpc) is 2.22. The van der Waals surface area contributed by atoms with Crippen LogP contribution in [0.4, 0.5) is 5.69 Å². The summed E-state index contributed by atoms with van der Waals surface area (Å²) in [6, 6.07) is 4.08. The van der Waals surface area contributed by atoms with Gasteiger partial charge in [0.15, 0.2) is 0 Å². The predicted molar refractivity (Wildman–Crippen MR) is 72.6 cm³/mol. The van der Waals surface area contributed by atoms with Crippen LogP contribution in [0.1, 0.15) is 30.0 Å². The third-order valence-electron chi connectivity index (χ3n) is 2.67. The maximum Gasteiger partial charge on any atom is 0.226 e. The standard InChI is InChI=1S/C14H20N2O2/c1-9-7-10(2)14(11(3)8-9)16-13(18)5-6-15-12(4)17/h7-8H,5-6H2,1-4H3,(H,15,17)(H,16,18). The Bertz CT molecular complexity index is 444. The summed E-state index contributed by atoms with van der Waals surface area (Å²) in [7, 11) is 0. The molecule has 4 heteroatoms. The van der Waals surface area contributed by atoms with E-state index >= 15 is 0 Å². The normalized spacial score (nSPS) is 10.0. The van der Waals surface area contributed by atoms with Crippen molar-refractivity contribution in [3.8, 4) is 0 Å². The number of amides is 2. The first-order chi connectivity index (χ1) is 8.40. The van der Waals surface area contributed by atoms with E-state index in [9.17, 15) is 9.59 Å². The van der Waals surface area contributed by atoms with E-state index in [2.05, 4.69) is 10.6 Å². The first-order valence-electron chi connectivity index (χ1n) is 6.02. The highest BCUT2D eigenvalue weighted by molar-refractivity contribution is 5.92. The Hall–Kier alpha value is -1.84. The molecule has 98 valence electrons. The summed E-state index contributed by atoms with van der Waals surface area (Å²) in [6.07, 6.45) is 0.284. The lowest BCUT2D eigenvalue weighted by atomic mass is 10.1. The molecule has 0 radical (unpaired) electrons. The van der Waals surface area contributed by atoms with Crippen molar-refractivity contribution in [2.75, 3.05) is 11.9 Å². The van der Waals surface area contributed by atoms with E-state index in [1.54, 1.807) is 0 Å². The number of rotatable bonds is 4.